The van der Waals surface area contributed by atoms with Gasteiger partial charge in [-0.05, 0) is 33.8 Å². The number of anilines is 1. The first kappa shape index (κ1) is 11.7. The van der Waals surface area contributed by atoms with Gasteiger partial charge in [0.05, 0.1) is 6.54 Å². The SMILES string of the molecule is CCCn1ccnc1NCc1sccc1Br. The number of aromatic nitrogens is 2. The van der Waals surface area contributed by atoms with Crippen molar-refractivity contribution in [3.8, 4) is 0 Å². The molecule has 2 rings (SSSR count). The maximum Gasteiger partial charge on any atom is 0.203 e. The molecule has 0 amide bonds. The number of nitrogens with one attached hydrogen (secondary N) is 1. The van der Waals surface area contributed by atoms with Crippen molar-refractivity contribution in [3.63, 3.8) is 0 Å². The summed E-state index contributed by atoms with van der Waals surface area (Å²) in [5.41, 5.74) is 0. The third-order valence-electron chi connectivity index (χ3n) is 2.28. The molecular formula is C11H14BrN3S. The third-order valence-corrected chi connectivity index (χ3v) is 4.20. The maximum atomic E-state index is 4.31. The average molecular weight is 300 g/mol. The zero-order chi connectivity index (χ0) is 11.4. The van der Waals surface area contributed by atoms with Gasteiger partial charge in [0.1, 0.15) is 0 Å². The molecule has 0 aromatic carbocycles. The number of aryl methyl sites for hydroxylation is 1. The maximum absolute atomic E-state index is 4.31. The first-order chi connectivity index (χ1) is 7.81. The molecule has 0 atom stereocenters. The van der Waals surface area contributed by atoms with Crippen molar-refractivity contribution >= 4 is 33.2 Å². The molecule has 0 spiro atoms. The van der Waals surface area contributed by atoms with Gasteiger partial charge in [-0.1, -0.05) is 6.92 Å². The fourth-order valence-corrected chi connectivity index (χ4v) is 2.94. The molecule has 0 aliphatic carbocycles. The first-order valence-corrected chi connectivity index (χ1v) is 6.95. The number of imidazole rings is 1. The Labute approximate surface area is 108 Å². The molecule has 0 fully saturated rings. The Morgan fingerprint density at radius 3 is 3.12 bits per heavy atom. The minimum atomic E-state index is 0.818. The zero-order valence-corrected chi connectivity index (χ0v) is 11.5. The lowest BCUT2D eigenvalue weighted by Crippen LogP contribution is -2.06. The largest absolute Gasteiger partial charge is 0.351 e. The Balaban J connectivity index is 1.99. The lowest BCUT2D eigenvalue weighted by molar-refractivity contribution is 0.682. The van der Waals surface area contributed by atoms with Gasteiger partial charge in [-0.2, -0.15) is 0 Å². The van der Waals surface area contributed by atoms with Gasteiger partial charge in [0.25, 0.3) is 0 Å². The minimum absolute atomic E-state index is 0.818. The van der Waals surface area contributed by atoms with Crippen molar-refractivity contribution in [2.24, 2.45) is 0 Å². The molecule has 2 heterocycles. The molecule has 0 bridgehead atoms. The number of thiophene rings is 1. The molecule has 0 saturated heterocycles. The van der Waals surface area contributed by atoms with Crippen molar-refractivity contribution in [2.75, 3.05) is 5.32 Å². The molecule has 86 valence electrons. The standard InChI is InChI=1S/C11H14BrN3S/c1-2-5-15-6-4-13-11(15)14-8-10-9(12)3-7-16-10/h3-4,6-7H,2,5,8H2,1H3,(H,13,14). The summed E-state index contributed by atoms with van der Waals surface area (Å²) in [6, 6.07) is 2.07. The highest BCUT2D eigenvalue weighted by Gasteiger charge is 2.04. The molecule has 16 heavy (non-hydrogen) atoms. The highest BCUT2D eigenvalue weighted by Crippen LogP contribution is 2.23. The monoisotopic (exact) mass is 299 g/mol. The van der Waals surface area contributed by atoms with Crippen LogP contribution in [0.3, 0.4) is 0 Å². The van der Waals surface area contributed by atoms with Gasteiger partial charge in [0.2, 0.25) is 5.95 Å². The highest BCUT2D eigenvalue weighted by atomic mass is 79.9. The van der Waals surface area contributed by atoms with Crippen LogP contribution in [0.1, 0.15) is 18.2 Å². The van der Waals surface area contributed by atoms with Crippen LogP contribution in [0.5, 0.6) is 0 Å². The summed E-state index contributed by atoms with van der Waals surface area (Å²) in [5, 5.41) is 5.44. The Morgan fingerprint density at radius 1 is 1.56 bits per heavy atom. The van der Waals surface area contributed by atoms with Gasteiger partial charge in [-0.3, -0.25) is 0 Å². The van der Waals surface area contributed by atoms with Crippen molar-refractivity contribution < 1.29 is 0 Å². The minimum Gasteiger partial charge on any atom is -0.351 e. The van der Waals surface area contributed by atoms with Crippen molar-refractivity contribution in [3.05, 3.63) is 33.2 Å². The Morgan fingerprint density at radius 2 is 2.44 bits per heavy atom. The van der Waals surface area contributed by atoms with Gasteiger partial charge < -0.3 is 9.88 Å². The molecule has 1 N–H and O–H groups in total. The van der Waals surface area contributed by atoms with Gasteiger partial charge >= 0.3 is 0 Å². The van der Waals surface area contributed by atoms with E-state index in [4.69, 9.17) is 0 Å². The lowest BCUT2D eigenvalue weighted by atomic mass is 10.4. The van der Waals surface area contributed by atoms with Crippen LogP contribution in [0.4, 0.5) is 5.95 Å². The smallest absolute Gasteiger partial charge is 0.203 e. The van der Waals surface area contributed by atoms with E-state index in [9.17, 15) is 0 Å². The van der Waals surface area contributed by atoms with Crippen LogP contribution in [0.25, 0.3) is 0 Å². The van der Waals surface area contributed by atoms with E-state index in [1.165, 1.54) is 9.35 Å². The van der Waals surface area contributed by atoms with E-state index < -0.39 is 0 Å². The number of rotatable bonds is 5. The van der Waals surface area contributed by atoms with Crippen molar-refractivity contribution in [1.29, 1.82) is 0 Å². The molecule has 3 nitrogen and oxygen atoms in total. The third kappa shape index (κ3) is 2.65. The number of halogens is 1. The summed E-state index contributed by atoms with van der Waals surface area (Å²) in [6.07, 6.45) is 4.96. The van der Waals surface area contributed by atoms with Crippen molar-refractivity contribution in [1.82, 2.24) is 9.55 Å². The summed E-state index contributed by atoms with van der Waals surface area (Å²) in [6.45, 7) is 3.99. The van der Waals surface area contributed by atoms with E-state index >= 15 is 0 Å². The van der Waals surface area contributed by atoms with Crippen LogP contribution in [-0.4, -0.2) is 9.55 Å². The fourth-order valence-electron chi connectivity index (χ4n) is 1.51. The second-order valence-corrected chi connectivity index (χ2v) is 5.34. The van der Waals surface area contributed by atoms with E-state index in [1.54, 1.807) is 11.3 Å². The number of hydrogen-bond donors (Lipinski definition) is 1. The average Bonchev–Trinajstić information content (AvgIpc) is 2.86. The second kappa shape index (κ2) is 5.50. The summed E-state index contributed by atoms with van der Waals surface area (Å²) >= 11 is 5.27. The van der Waals surface area contributed by atoms with E-state index in [-0.39, 0.29) is 0 Å². The summed E-state index contributed by atoms with van der Waals surface area (Å²) in [7, 11) is 0. The van der Waals surface area contributed by atoms with Crippen molar-refractivity contribution in [2.45, 2.75) is 26.4 Å². The fraction of sp³-hybridized carbons (Fsp3) is 0.364. The summed E-state index contributed by atoms with van der Waals surface area (Å²) in [4.78, 5) is 5.60. The zero-order valence-electron chi connectivity index (χ0n) is 9.11. The number of hydrogen-bond acceptors (Lipinski definition) is 3. The molecule has 0 aliphatic heterocycles. The highest BCUT2D eigenvalue weighted by molar-refractivity contribution is 9.10. The normalized spacial score (nSPS) is 10.6. The van der Waals surface area contributed by atoms with Crippen LogP contribution in [0.15, 0.2) is 28.3 Å². The molecule has 5 heteroatoms. The molecule has 0 unspecified atom stereocenters. The predicted molar refractivity (Wildman–Crippen MR) is 71.9 cm³/mol. The van der Waals surface area contributed by atoms with E-state index in [1.807, 2.05) is 12.4 Å². The molecule has 2 aromatic heterocycles. The summed E-state index contributed by atoms with van der Waals surface area (Å²) < 4.78 is 3.31. The van der Waals surface area contributed by atoms with Crippen LogP contribution in [0.2, 0.25) is 0 Å². The Kier molecular flexibility index (Phi) is 4.01. The van der Waals surface area contributed by atoms with Gasteiger partial charge in [0, 0.05) is 28.3 Å². The quantitative estimate of drug-likeness (QED) is 0.912. The Hall–Kier alpha value is -0.810. The van der Waals surface area contributed by atoms with Crippen LogP contribution >= 0.6 is 27.3 Å². The second-order valence-electron chi connectivity index (χ2n) is 3.49. The van der Waals surface area contributed by atoms with Crippen LogP contribution < -0.4 is 5.32 Å². The van der Waals surface area contributed by atoms with E-state index in [0.717, 1.165) is 25.5 Å². The van der Waals surface area contributed by atoms with E-state index in [2.05, 4.69) is 49.2 Å². The molecule has 0 aliphatic rings. The van der Waals surface area contributed by atoms with E-state index in [0.29, 0.717) is 0 Å². The van der Waals surface area contributed by atoms with Gasteiger partial charge in [-0.15, -0.1) is 11.3 Å². The first-order valence-electron chi connectivity index (χ1n) is 5.28. The van der Waals surface area contributed by atoms with Crippen LogP contribution in [-0.2, 0) is 13.1 Å². The lowest BCUT2D eigenvalue weighted by Gasteiger charge is -2.07. The van der Waals surface area contributed by atoms with Gasteiger partial charge in [-0.25, -0.2) is 4.98 Å². The van der Waals surface area contributed by atoms with Gasteiger partial charge in [0.15, 0.2) is 0 Å². The number of nitrogens with zero attached hydrogens (tertiary/aromatic N) is 2. The van der Waals surface area contributed by atoms with Crippen LogP contribution in [0, 0.1) is 0 Å². The summed E-state index contributed by atoms with van der Waals surface area (Å²) in [5.74, 6) is 0.946. The molecule has 0 radical (unpaired) electrons. The molecule has 0 saturated carbocycles. The molecule has 2 aromatic rings. The predicted octanol–water partition coefficient (Wildman–Crippen LogP) is 3.73. The topological polar surface area (TPSA) is 29.9 Å². The molecular weight excluding hydrogens is 286 g/mol. The Bertz CT molecular complexity index is 450.